The van der Waals surface area contributed by atoms with Gasteiger partial charge in [-0.15, -0.1) is 0 Å². The Morgan fingerprint density at radius 3 is 2.38 bits per heavy atom. The molecular weight excluding hydrogens is 324 g/mol. The van der Waals surface area contributed by atoms with Crippen molar-refractivity contribution >= 4 is 38.6 Å². The summed E-state index contributed by atoms with van der Waals surface area (Å²) in [6, 6.07) is 21.6. The Bertz CT molecular complexity index is 834. The van der Waals surface area contributed by atoms with Crippen LogP contribution in [-0.4, -0.2) is 5.78 Å². The smallest absolute Gasteiger partial charge is 0.185 e. The fraction of sp³-hybridized carbons (Fsp3) is 0. The van der Waals surface area contributed by atoms with Gasteiger partial charge in [-0.3, -0.25) is 4.79 Å². The molecule has 0 bridgehead atoms. The van der Waals surface area contributed by atoms with Gasteiger partial charge in [0.2, 0.25) is 0 Å². The van der Waals surface area contributed by atoms with Crippen LogP contribution in [0.25, 0.3) is 16.8 Å². The second-order valence-corrected chi connectivity index (χ2v) is 5.64. The summed E-state index contributed by atoms with van der Waals surface area (Å²) in [5, 5.41) is 2.22. The number of benzene rings is 3. The molecule has 3 aromatic rings. The molecule has 0 saturated heterocycles. The van der Waals surface area contributed by atoms with Gasteiger partial charge in [-0.25, -0.2) is 0 Å². The summed E-state index contributed by atoms with van der Waals surface area (Å²) < 4.78 is 0.979. The van der Waals surface area contributed by atoms with Crippen molar-refractivity contribution in [2.75, 3.05) is 0 Å². The lowest BCUT2D eigenvalue weighted by Crippen LogP contribution is -1.93. The lowest BCUT2D eigenvalue weighted by Gasteiger charge is -2.01. The molecule has 1 nitrogen and oxygen atoms in total. The average Bonchev–Trinajstić information content (AvgIpc) is 2.53. The van der Waals surface area contributed by atoms with Gasteiger partial charge in [0.15, 0.2) is 5.78 Å². The van der Waals surface area contributed by atoms with Gasteiger partial charge in [0.1, 0.15) is 0 Å². The van der Waals surface area contributed by atoms with E-state index in [9.17, 15) is 4.79 Å². The lowest BCUT2D eigenvalue weighted by atomic mass is 10.0. The highest BCUT2D eigenvalue weighted by Crippen LogP contribution is 2.19. The minimum Gasteiger partial charge on any atom is -0.289 e. The van der Waals surface area contributed by atoms with Gasteiger partial charge in [-0.2, -0.15) is 0 Å². The molecule has 0 radical (unpaired) electrons. The van der Waals surface area contributed by atoms with Crippen molar-refractivity contribution in [2.45, 2.75) is 0 Å². The molecule has 3 aromatic carbocycles. The number of hydrogen-bond donors (Lipinski definition) is 0. The number of hydrogen-bond acceptors (Lipinski definition) is 1. The van der Waals surface area contributed by atoms with E-state index in [0.717, 1.165) is 20.8 Å². The molecule has 0 heterocycles. The number of fused-ring (bicyclic) bond motifs is 1. The van der Waals surface area contributed by atoms with Crippen molar-refractivity contribution in [3.8, 4) is 0 Å². The van der Waals surface area contributed by atoms with E-state index in [1.165, 1.54) is 0 Å². The highest BCUT2D eigenvalue weighted by Gasteiger charge is 2.03. The van der Waals surface area contributed by atoms with Gasteiger partial charge >= 0.3 is 0 Å². The van der Waals surface area contributed by atoms with E-state index >= 15 is 0 Å². The molecule has 3 rings (SSSR count). The Kier molecular flexibility index (Phi) is 3.98. The van der Waals surface area contributed by atoms with E-state index in [1.807, 2.05) is 72.8 Å². The van der Waals surface area contributed by atoms with Crippen LogP contribution in [0.4, 0.5) is 0 Å². The maximum Gasteiger partial charge on any atom is 0.185 e. The first kappa shape index (κ1) is 13.8. The Morgan fingerprint density at radius 1 is 0.857 bits per heavy atom. The first-order valence-electron chi connectivity index (χ1n) is 6.70. The standard InChI is InChI=1S/C19H13BrO/c20-18-8-4-3-6-15(18)11-12-19(21)17-10-9-14-5-1-2-7-16(14)13-17/h1-13H/b12-11+. The van der Waals surface area contributed by atoms with Crippen molar-refractivity contribution in [3.05, 3.63) is 88.4 Å². The second kappa shape index (κ2) is 6.06. The average molecular weight is 337 g/mol. The Morgan fingerprint density at radius 2 is 1.57 bits per heavy atom. The van der Waals surface area contributed by atoms with E-state index in [-0.39, 0.29) is 5.78 Å². The minimum absolute atomic E-state index is 0.0107. The van der Waals surface area contributed by atoms with Crippen LogP contribution >= 0.6 is 15.9 Å². The Balaban J connectivity index is 1.89. The lowest BCUT2D eigenvalue weighted by molar-refractivity contribution is 0.104. The molecule has 0 N–H and O–H groups in total. The molecule has 21 heavy (non-hydrogen) atoms. The maximum absolute atomic E-state index is 12.3. The van der Waals surface area contributed by atoms with Crippen LogP contribution in [-0.2, 0) is 0 Å². The number of ketones is 1. The van der Waals surface area contributed by atoms with Crippen LogP contribution in [0.5, 0.6) is 0 Å². The molecule has 102 valence electrons. The van der Waals surface area contributed by atoms with Crippen LogP contribution < -0.4 is 0 Å². The van der Waals surface area contributed by atoms with Crippen molar-refractivity contribution in [2.24, 2.45) is 0 Å². The van der Waals surface area contributed by atoms with Gasteiger partial charge in [-0.1, -0.05) is 70.5 Å². The number of halogens is 1. The van der Waals surface area contributed by atoms with Crippen LogP contribution in [0.1, 0.15) is 15.9 Å². The highest BCUT2D eigenvalue weighted by molar-refractivity contribution is 9.10. The third-order valence-corrected chi connectivity index (χ3v) is 4.08. The molecule has 0 amide bonds. The fourth-order valence-electron chi connectivity index (χ4n) is 2.21. The van der Waals surface area contributed by atoms with Gasteiger partial charge in [0, 0.05) is 10.0 Å². The zero-order valence-electron chi connectivity index (χ0n) is 11.3. The number of rotatable bonds is 3. The van der Waals surface area contributed by atoms with Crippen LogP contribution in [0, 0.1) is 0 Å². The van der Waals surface area contributed by atoms with E-state index in [1.54, 1.807) is 6.08 Å². The van der Waals surface area contributed by atoms with Crippen molar-refractivity contribution in [3.63, 3.8) is 0 Å². The Labute approximate surface area is 132 Å². The van der Waals surface area contributed by atoms with Crippen molar-refractivity contribution in [1.82, 2.24) is 0 Å². The van der Waals surface area contributed by atoms with E-state index in [0.29, 0.717) is 5.56 Å². The first-order valence-corrected chi connectivity index (χ1v) is 7.49. The topological polar surface area (TPSA) is 17.1 Å². The molecule has 0 aliphatic rings. The Hall–Kier alpha value is -2.19. The van der Waals surface area contributed by atoms with Crippen molar-refractivity contribution < 1.29 is 4.79 Å². The third-order valence-electron chi connectivity index (χ3n) is 3.35. The molecule has 0 aromatic heterocycles. The molecular formula is C19H13BrO. The zero-order valence-corrected chi connectivity index (χ0v) is 12.9. The molecule has 0 aliphatic heterocycles. The predicted molar refractivity (Wildman–Crippen MR) is 91.5 cm³/mol. The SMILES string of the molecule is O=C(/C=C/c1ccccc1Br)c1ccc2ccccc2c1. The summed E-state index contributed by atoms with van der Waals surface area (Å²) in [4.78, 5) is 12.3. The summed E-state index contributed by atoms with van der Waals surface area (Å²) in [5.74, 6) is 0.0107. The fourth-order valence-corrected chi connectivity index (χ4v) is 2.63. The normalized spacial score (nSPS) is 11.1. The van der Waals surface area contributed by atoms with Crippen molar-refractivity contribution in [1.29, 1.82) is 0 Å². The minimum atomic E-state index is 0.0107. The van der Waals surface area contributed by atoms with Gasteiger partial charge < -0.3 is 0 Å². The van der Waals surface area contributed by atoms with Crippen LogP contribution in [0.3, 0.4) is 0 Å². The summed E-state index contributed by atoms with van der Waals surface area (Å²) in [5.41, 5.74) is 1.70. The quantitative estimate of drug-likeness (QED) is 0.456. The summed E-state index contributed by atoms with van der Waals surface area (Å²) in [6.07, 6.45) is 3.45. The van der Waals surface area contributed by atoms with Gasteiger partial charge in [0.25, 0.3) is 0 Å². The highest BCUT2D eigenvalue weighted by atomic mass is 79.9. The molecule has 0 aliphatic carbocycles. The number of carbonyl (C=O) groups excluding carboxylic acids is 1. The second-order valence-electron chi connectivity index (χ2n) is 4.78. The monoisotopic (exact) mass is 336 g/mol. The molecule has 0 spiro atoms. The first-order chi connectivity index (χ1) is 10.2. The van der Waals surface area contributed by atoms with Gasteiger partial charge in [-0.05, 0) is 40.6 Å². The number of allylic oxidation sites excluding steroid dienone is 1. The van der Waals surface area contributed by atoms with E-state index in [2.05, 4.69) is 15.9 Å². The largest absolute Gasteiger partial charge is 0.289 e. The summed E-state index contributed by atoms with van der Waals surface area (Å²) >= 11 is 3.47. The summed E-state index contributed by atoms with van der Waals surface area (Å²) in [6.45, 7) is 0. The van der Waals surface area contributed by atoms with Crippen LogP contribution in [0.15, 0.2) is 77.3 Å². The predicted octanol–water partition coefficient (Wildman–Crippen LogP) is 5.50. The van der Waals surface area contributed by atoms with Gasteiger partial charge in [0.05, 0.1) is 0 Å². The summed E-state index contributed by atoms with van der Waals surface area (Å²) in [7, 11) is 0. The zero-order chi connectivity index (χ0) is 14.7. The molecule has 0 unspecified atom stereocenters. The van der Waals surface area contributed by atoms with Crippen LogP contribution in [0.2, 0.25) is 0 Å². The maximum atomic E-state index is 12.3. The third kappa shape index (κ3) is 3.11. The molecule has 0 atom stereocenters. The number of carbonyl (C=O) groups is 1. The molecule has 0 fully saturated rings. The molecule has 2 heteroatoms. The molecule has 0 saturated carbocycles. The van der Waals surface area contributed by atoms with E-state index in [4.69, 9.17) is 0 Å². The van der Waals surface area contributed by atoms with E-state index < -0.39 is 0 Å².